The molecule has 2 amide bonds. The quantitative estimate of drug-likeness (QED) is 0.485. The van der Waals surface area contributed by atoms with Gasteiger partial charge >= 0.3 is 5.97 Å². The molecule has 3 N–H and O–H groups in total. The lowest BCUT2D eigenvalue weighted by Gasteiger charge is -2.15. The molecule has 1 saturated heterocycles. The number of carbonyl (C=O) groups is 3. The van der Waals surface area contributed by atoms with Crippen LogP contribution in [-0.2, 0) is 14.4 Å². The molecule has 2 rings (SSSR count). The summed E-state index contributed by atoms with van der Waals surface area (Å²) in [6.07, 6.45) is 1.57. The Kier molecular flexibility index (Phi) is 6.22. The molecule has 0 saturated carbocycles. The molecule has 138 valence electrons. The number of aliphatic carboxylic acids is 1. The fraction of sp³-hybridized carbons (Fsp3) is 0.250. The minimum absolute atomic E-state index is 0.0265. The Balaban J connectivity index is 2.13. The van der Waals surface area contributed by atoms with E-state index in [0.717, 1.165) is 16.7 Å². The number of rotatable bonds is 6. The van der Waals surface area contributed by atoms with Crippen molar-refractivity contribution >= 4 is 52.2 Å². The van der Waals surface area contributed by atoms with Crippen LogP contribution in [0.4, 0.5) is 0 Å². The number of aromatic hydroxyl groups is 1. The van der Waals surface area contributed by atoms with Crippen molar-refractivity contribution in [1.82, 2.24) is 10.2 Å². The number of phenols is 1. The number of methoxy groups -OCH3 is 1. The minimum atomic E-state index is -1.18. The van der Waals surface area contributed by atoms with Crippen molar-refractivity contribution in [3.63, 3.8) is 0 Å². The summed E-state index contributed by atoms with van der Waals surface area (Å²) < 4.78 is 5.22. The number of hydrogen-bond acceptors (Lipinski definition) is 7. The highest BCUT2D eigenvalue weighted by molar-refractivity contribution is 8.26. The van der Waals surface area contributed by atoms with Crippen molar-refractivity contribution < 1.29 is 29.3 Å². The summed E-state index contributed by atoms with van der Waals surface area (Å²) in [5.74, 6) is -2.02. The van der Waals surface area contributed by atoms with Gasteiger partial charge < -0.3 is 20.3 Å². The molecule has 1 aliphatic heterocycles. The number of phenolic OH excluding ortho intramolecular Hbond substituents is 1. The molecule has 8 nitrogen and oxygen atoms in total. The summed E-state index contributed by atoms with van der Waals surface area (Å²) in [7, 11) is 1.41. The van der Waals surface area contributed by atoms with Gasteiger partial charge in [-0.15, -0.1) is 0 Å². The first-order valence-corrected chi connectivity index (χ1v) is 8.60. The van der Waals surface area contributed by atoms with Gasteiger partial charge in [-0.25, -0.2) is 0 Å². The van der Waals surface area contributed by atoms with E-state index in [1.54, 1.807) is 18.2 Å². The molecule has 0 aliphatic carbocycles. The number of nitrogens with zero attached hydrogens (tertiary/aromatic N) is 1. The number of thioether (sulfide) groups is 1. The lowest BCUT2D eigenvalue weighted by Crippen LogP contribution is -2.45. The van der Waals surface area contributed by atoms with Crippen molar-refractivity contribution in [1.29, 1.82) is 0 Å². The minimum Gasteiger partial charge on any atom is -0.504 e. The number of carboxylic acids is 1. The molecular formula is C16H16N2O6S2. The molecule has 0 bridgehead atoms. The number of ether oxygens (including phenoxy) is 1. The molecule has 1 aliphatic rings. The van der Waals surface area contributed by atoms with Crippen LogP contribution in [0, 0.1) is 0 Å². The van der Waals surface area contributed by atoms with E-state index in [9.17, 15) is 19.5 Å². The van der Waals surface area contributed by atoms with E-state index in [0.29, 0.717) is 10.5 Å². The van der Waals surface area contributed by atoms with Crippen molar-refractivity contribution in [2.24, 2.45) is 0 Å². The van der Waals surface area contributed by atoms with Gasteiger partial charge in [0.15, 0.2) is 11.5 Å². The summed E-state index contributed by atoms with van der Waals surface area (Å²) in [6.45, 7) is 0.959. The Morgan fingerprint density at radius 1 is 1.46 bits per heavy atom. The molecule has 26 heavy (non-hydrogen) atoms. The largest absolute Gasteiger partial charge is 0.504 e. The number of benzene rings is 1. The SMILES string of the molecule is COc1cc(/C=C2\SC(=S)N(CC(=O)NC(C)C(=O)O)C2=O)ccc1O. The normalized spacial score (nSPS) is 16.7. The van der Waals surface area contributed by atoms with E-state index in [1.165, 1.54) is 20.1 Å². The number of nitrogens with one attached hydrogen (secondary N) is 1. The van der Waals surface area contributed by atoms with Crippen LogP contribution in [0.2, 0.25) is 0 Å². The van der Waals surface area contributed by atoms with Crippen LogP contribution in [-0.4, -0.2) is 56.9 Å². The second-order valence-electron chi connectivity index (χ2n) is 5.33. The van der Waals surface area contributed by atoms with E-state index in [-0.39, 0.29) is 22.4 Å². The molecule has 1 heterocycles. The first kappa shape index (κ1) is 19.7. The van der Waals surface area contributed by atoms with Gasteiger partial charge in [-0.2, -0.15) is 0 Å². The van der Waals surface area contributed by atoms with Gasteiger partial charge in [0.25, 0.3) is 5.91 Å². The number of carboxylic acid groups (broad SMARTS) is 1. The Bertz CT molecular complexity index is 808. The standard InChI is InChI=1S/C16H16N2O6S2/c1-8(15(22)23)17-13(20)7-18-14(21)12(26-16(18)25)6-9-3-4-10(19)11(5-9)24-2/h3-6,8,19H,7H2,1-2H3,(H,17,20)(H,22,23)/b12-6-. The Labute approximate surface area is 158 Å². The molecule has 1 aromatic rings. The summed E-state index contributed by atoms with van der Waals surface area (Å²) in [5.41, 5.74) is 0.615. The van der Waals surface area contributed by atoms with Gasteiger partial charge in [0, 0.05) is 0 Å². The van der Waals surface area contributed by atoms with Crippen LogP contribution in [0.15, 0.2) is 23.1 Å². The lowest BCUT2D eigenvalue weighted by molar-refractivity contribution is -0.141. The summed E-state index contributed by atoms with van der Waals surface area (Å²) in [4.78, 5) is 36.5. The first-order valence-electron chi connectivity index (χ1n) is 7.37. The molecule has 1 fully saturated rings. The summed E-state index contributed by atoms with van der Waals surface area (Å²) in [5, 5.41) is 20.7. The topological polar surface area (TPSA) is 116 Å². The third-order valence-corrected chi connectivity index (χ3v) is 4.80. The fourth-order valence-corrected chi connectivity index (χ4v) is 3.32. The lowest BCUT2D eigenvalue weighted by atomic mass is 10.2. The van der Waals surface area contributed by atoms with E-state index < -0.39 is 23.8 Å². The van der Waals surface area contributed by atoms with Crippen LogP contribution < -0.4 is 10.1 Å². The molecular weight excluding hydrogens is 380 g/mol. The van der Waals surface area contributed by atoms with Gasteiger partial charge in [0.2, 0.25) is 5.91 Å². The highest BCUT2D eigenvalue weighted by Crippen LogP contribution is 2.34. The van der Waals surface area contributed by atoms with Gasteiger partial charge in [-0.1, -0.05) is 30.0 Å². The number of amides is 2. The molecule has 1 atom stereocenters. The average molecular weight is 396 g/mol. The number of thiocarbonyl (C=S) groups is 1. The maximum atomic E-state index is 12.5. The Morgan fingerprint density at radius 2 is 2.15 bits per heavy atom. The summed E-state index contributed by atoms with van der Waals surface area (Å²) >= 11 is 6.16. The fourth-order valence-electron chi connectivity index (χ4n) is 2.06. The van der Waals surface area contributed by atoms with E-state index in [1.807, 2.05) is 0 Å². The molecule has 0 radical (unpaired) electrons. The maximum absolute atomic E-state index is 12.5. The van der Waals surface area contributed by atoms with Crippen LogP contribution in [0.25, 0.3) is 6.08 Å². The number of carbonyl (C=O) groups excluding carboxylic acids is 2. The van der Waals surface area contributed by atoms with Crippen molar-refractivity contribution in [3.05, 3.63) is 28.7 Å². The maximum Gasteiger partial charge on any atom is 0.325 e. The van der Waals surface area contributed by atoms with Gasteiger partial charge in [0.05, 0.1) is 12.0 Å². The molecule has 0 spiro atoms. The number of hydrogen-bond donors (Lipinski definition) is 3. The second kappa shape index (κ2) is 8.19. The average Bonchev–Trinajstić information content (AvgIpc) is 2.83. The van der Waals surface area contributed by atoms with Crippen LogP contribution in [0.3, 0.4) is 0 Å². The van der Waals surface area contributed by atoms with Crippen LogP contribution in [0.5, 0.6) is 11.5 Å². The highest BCUT2D eigenvalue weighted by atomic mass is 32.2. The smallest absolute Gasteiger partial charge is 0.325 e. The Morgan fingerprint density at radius 3 is 2.77 bits per heavy atom. The van der Waals surface area contributed by atoms with Crippen molar-refractivity contribution in [2.45, 2.75) is 13.0 Å². The zero-order chi connectivity index (χ0) is 19.4. The van der Waals surface area contributed by atoms with E-state index >= 15 is 0 Å². The third-order valence-electron chi connectivity index (χ3n) is 3.42. The highest BCUT2D eigenvalue weighted by Gasteiger charge is 2.33. The predicted octanol–water partition coefficient (Wildman–Crippen LogP) is 1.19. The van der Waals surface area contributed by atoms with Crippen LogP contribution in [0.1, 0.15) is 12.5 Å². The van der Waals surface area contributed by atoms with Crippen LogP contribution >= 0.6 is 24.0 Å². The van der Waals surface area contributed by atoms with Gasteiger partial charge in [-0.3, -0.25) is 19.3 Å². The van der Waals surface area contributed by atoms with Crippen molar-refractivity contribution in [2.75, 3.05) is 13.7 Å². The van der Waals surface area contributed by atoms with Gasteiger partial charge in [0.1, 0.15) is 16.9 Å². The van der Waals surface area contributed by atoms with E-state index in [2.05, 4.69) is 5.32 Å². The molecule has 1 unspecified atom stereocenters. The zero-order valence-electron chi connectivity index (χ0n) is 13.9. The third kappa shape index (κ3) is 4.52. The molecule has 1 aromatic carbocycles. The summed E-state index contributed by atoms with van der Waals surface area (Å²) in [6, 6.07) is 3.53. The first-order chi connectivity index (χ1) is 12.2. The zero-order valence-corrected chi connectivity index (χ0v) is 15.5. The van der Waals surface area contributed by atoms with Crippen molar-refractivity contribution in [3.8, 4) is 11.5 Å². The second-order valence-corrected chi connectivity index (χ2v) is 7.00. The molecule has 0 aromatic heterocycles. The molecule has 10 heteroatoms. The van der Waals surface area contributed by atoms with Gasteiger partial charge in [-0.05, 0) is 30.7 Å². The monoisotopic (exact) mass is 396 g/mol. The Hall–Kier alpha value is -2.59. The van der Waals surface area contributed by atoms with E-state index in [4.69, 9.17) is 22.1 Å². The predicted molar refractivity (Wildman–Crippen MR) is 99.8 cm³/mol.